The Morgan fingerprint density at radius 2 is 1.88 bits per heavy atom. The first-order valence-electron chi connectivity index (χ1n) is 11.1. The minimum absolute atomic E-state index is 0.159. The summed E-state index contributed by atoms with van der Waals surface area (Å²) in [5.74, 6) is -0.452. The molecule has 0 fully saturated rings. The van der Waals surface area contributed by atoms with Gasteiger partial charge in [0.1, 0.15) is 11.7 Å². The number of carbonyl (C=O) groups excluding carboxylic acids is 1. The minimum atomic E-state index is -1.03. The molecule has 172 valence electrons. The second-order valence-corrected chi connectivity index (χ2v) is 8.35. The van der Waals surface area contributed by atoms with Gasteiger partial charge >= 0.3 is 0 Å². The molecule has 2 atom stereocenters. The van der Waals surface area contributed by atoms with E-state index in [1.165, 1.54) is 0 Å². The molecule has 0 bridgehead atoms. The number of ether oxygens (including phenoxy) is 2. The van der Waals surface area contributed by atoms with Crippen LogP contribution in [0.3, 0.4) is 0 Å². The summed E-state index contributed by atoms with van der Waals surface area (Å²) < 4.78 is 11.4. The average Bonchev–Trinajstić information content (AvgIpc) is 3.07. The summed E-state index contributed by atoms with van der Waals surface area (Å²) in [4.78, 5) is 33.0. The van der Waals surface area contributed by atoms with Crippen LogP contribution in [0, 0.1) is 24.2 Å². The van der Waals surface area contributed by atoms with E-state index < -0.39 is 23.3 Å². The van der Waals surface area contributed by atoms with E-state index in [-0.39, 0.29) is 17.3 Å². The summed E-state index contributed by atoms with van der Waals surface area (Å²) in [5, 5.41) is 15.4. The third kappa shape index (κ3) is 4.06. The predicted octanol–water partition coefficient (Wildman–Crippen LogP) is 3.08. The summed E-state index contributed by atoms with van der Waals surface area (Å²) in [7, 11) is 0. The van der Waals surface area contributed by atoms with Gasteiger partial charge in [-0.05, 0) is 30.2 Å². The molecule has 3 aromatic rings. The van der Waals surface area contributed by atoms with Crippen molar-refractivity contribution < 1.29 is 14.3 Å². The fourth-order valence-corrected chi connectivity index (χ4v) is 4.23. The Labute approximate surface area is 195 Å². The van der Waals surface area contributed by atoms with Crippen molar-refractivity contribution >= 4 is 17.7 Å². The van der Waals surface area contributed by atoms with Crippen LogP contribution in [-0.4, -0.2) is 29.1 Å². The molecular weight excluding hydrogens is 434 g/mol. The number of nitrogens with one attached hydrogen (secondary N) is 3. The van der Waals surface area contributed by atoms with E-state index in [0.29, 0.717) is 36.8 Å². The molecule has 5 rings (SSSR count). The molecule has 2 aliphatic rings. The fourth-order valence-electron chi connectivity index (χ4n) is 4.23. The van der Waals surface area contributed by atoms with E-state index >= 15 is 0 Å². The van der Waals surface area contributed by atoms with Crippen LogP contribution in [-0.2, 0) is 11.3 Å². The third-order valence-corrected chi connectivity index (χ3v) is 5.97. The maximum absolute atomic E-state index is 13.1. The maximum Gasteiger partial charge on any atom is 0.258 e. The first kappa shape index (κ1) is 21.5. The number of hydrogen-bond acceptors (Lipinski definition) is 7. The number of aromatic amines is 1. The van der Waals surface area contributed by atoms with Crippen LogP contribution in [0.2, 0.25) is 0 Å². The first-order valence-corrected chi connectivity index (χ1v) is 11.1. The molecule has 2 aromatic carbocycles. The Morgan fingerprint density at radius 1 is 1.12 bits per heavy atom. The summed E-state index contributed by atoms with van der Waals surface area (Å²) in [6.45, 7) is 3.53. The van der Waals surface area contributed by atoms with E-state index in [2.05, 4.69) is 20.6 Å². The van der Waals surface area contributed by atoms with Crippen molar-refractivity contribution in [1.29, 1.82) is 5.26 Å². The highest BCUT2D eigenvalue weighted by Crippen LogP contribution is 2.38. The number of carbonyl (C=O) groups is 1. The van der Waals surface area contributed by atoms with Crippen LogP contribution in [0.1, 0.15) is 34.6 Å². The molecule has 2 unspecified atom stereocenters. The van der Waals surface area contributed by atoms with Crippen LogP contribution >= 0.6 is 0 Å². The topological polar surface area (TPSA) is 129 Å². The van der Waals surface area contributed by atoms with Crippen molar-refractivity contribution in [2.75, 3.05) is 23.8 Å². The van der Waals surface area contributed by atoms with E-state index in [1.807, 2.05) is 55.5 Å². The summed E-state index contributed by atoms with van der Waals surface area (Å²) in [5.41, 5.74) is 2.54. The van der Waals surface area contributed by atoms with E-state index in [4.69, 9.17) is 9.47 Å². The summed E-state index contributed by atoms with van der Waals surface area (Å²) in [6.07, 6.45) is 0.824. The largest absolute Gasteiger partial charge is 0.490 e. The van der Waals surface area contributed by atoms with Crippen molar-refractivity contribution in [2.24, 2.45) is 5.92 Å². The molecule has 1 aromatic heterocycles. The number of H-pyrrole nitrogens is 1. The van der Waals surface area contributed by atoms with E-state index in [1.54, 1.807) is 0 Å². The average molecular weight is 457 g/mol. The van der Waals surface area contributed by atoms with Crippen molar-refractivity contribution in [3.8, 4) is 17.6 Å². The smallest absolute Gasteiger partial charge is 0.258 e. The molecule has 0 radical (unpaired) electrons. The Bertz CT molecular complexity index is 1340. The third-order valence-electron chi connectivity index (χ3n) is 5.97. The fraction of sp³-hybridized carbons (Fsp3) is 0.280. The van der Waals surface area contributed by atoms with Gasteiger partial charge in [0.05, 0.1) is 24.8 Å². The Morgan fingerprint density at radius 3 is 2.65 bits per heavy atom. The number of aryl methyl sites for hydroxylation is 1. The molecule has 0 saturated carbocycles. The molecule has 0 aliphatic carbocycles. The molecule has 0 saturated heterocycles. The van der Waals surface area contributed by atoms with Crippen molar-refractivity contribution in [1.82, 2.24) is 9.97 Å². The first-order chi connectivity index (χ1) is 16.5. The molecular formula is C25H23N5O4. The number of anilines is 2. The Hall–Kier alpha value is -4.32. The summed E-state index contributed by atoms with van der Waals surface area (Å²) >= 11 is 0. The zero-order chi connectivity index (χ0) is 23.7. The van der Waals surface area contributed by atoms with Crippen LogP contribution in [0.5, 0.6) is 11.5 Å². The molecule has 2 aliphatic heterocycles. The van der Waals surface area contributed by atoms with Crippen LogP contribution in [0.15, 0.2) is 47.3 Å². The number of nitriles is 1. The maximum atomic E-state index is 13.1. The van der Waals surface area contributed by atoms with Gasteiger partial charge in [0.2, 0.25) is 11.9 Å². The number of amides is 1. The number of nitrogens with zero attached hydrogens (tertiary/aromatic N) is 2. The summed E-state index contributed by atoms with van der Waals surface area (Å²) in [6, 6.07) is 15.1. The van der Waals surface area contributed by atoms with E-state index in [0.717, 1.165) is 17.5 Å². The molecule has 34 heavy (non-hydrogen) atoms. The molecule has 9 nitrogen and oxygen atoms in total. The van der Waals surface area contributed by atoms with Gasteiger partial charge in [0, 0.05) is 18.9 Å². The van der Waals surface area contributed by atoms with Gasteiger partial charge in [-0.3, -0.25) is 14.6 Å². The lowest BCUT2D eigenvalue weighted by molar-refractivity contribution is -0.119. The second kappa shape index (κ2) is 8.90. The molecule has 9 heteroatoms. The van der Waals surface area contributed by atoms with Gasteiger partial charge in [0.15, 0.2) is 11.5 Å². The van der Waals surface area contributed by atoms with Crippen LogP contribution in [0.4, 0.5) is 11.8 Å². The van der Waals surface area contributed by atoms with E-state index in [9.17, 15) is 14.9 Å². The minimum Gasteiger partial charge on any atom is -0.490 e. The van der Waals surface area contributed by atoms with Crippen molar-refractivity contribution in [2.45, 2.75) is 25.8 Å². The quantitative estimate of drug-likeness (QED) is 0.549. The number of aromatic nitrogens is 2. The second-order valence-electron chi connectivity index (χ2n) is 8.35. The molecule has 3 N–H and O–H groups in total. The van der Waals surface area contributed by atoms with Gasteiger partial charge in [-0.25, -0.2) is 0 Å². The Kier molecular flexibility index (Phi) is 5.64. The van der Waals surface area contributed by atoms with Crippen LogP contribution < -0.4 is 25.7 Å². The Balaban J connectivity index is 1.44. The monoisotopic (exact) mass is 457 g/mol. The predicted molar refractivity (Wildman–Crippen MR) is 125 cm³/mol. The SMILES string of the molecule is Cc1ccc(C2c3c(nc(NCc4ccc5c(c4)OCCCO5)[nH]c3=O)NC(=O)C2C#N)cc1. The highest BCUT2D eigenvalue weighted by atomic mass is 16.5. The van der Waals surface area contributed by atoms with Gasteiger partial charge in [0.25, 0.3) is 5.56 Å². The molecule has 0 spiro atoms. The normalized spacial score (nSPS) is 18.8. The van der Waals surface area contributed by atoms with Crippen molar-refractivity contribution in [3.05, 3.63) is 75.1 Å². The standard InChI is InChI=1S/C25H23N5O4/c1-14-3-6-16(7-4-14)20-17(12-26)23(31)28-22-21(20)24(32)30-25(29-22)27-13-15-5-8-18-19(11-15)34-10-2-9-33-18/h3-8,11,17,20H,2,9-10,13H2,1H3,(H3,27,28,29,30,31,32). The number of benzene rings is 2. The highest BCUT2D eigenvalue weighted by Gasteiger charge is 2.40. The lowest BCUT2D eigenvalue weighted by atomic mass is 9.79. The van der Waals surface area contributed by atoms with Crippen molar-refractivity contribution in [3.63, 3.8) is 0 Å². The number of hydrogen-bond donors (Lipinski definition) is 3. The zero-order valence-electron chi connectivity index (χ0n) is 18.6. The number of rotatable bonds is 4. The molecule has 3 heterocycles. The highest BCUT2D eigenvalue weighted by molar-refractivity contribution is 5.97. The van der Waals surface area contributed by atoms with Gasteiger partial charge in [-0.2, -0.15) is 10.2 Å². The zero-order valence-corrected chi connectivity index (χ0v) is 18.6. The number of fused-ring (bicyclic) bond motifs is 2. The lowest BCUT2D eigenvalue weighted by Crippen LogP contribution is -2.38. The van der Waals surface area contributed by atoms with Gasteiger partial charge in [-0.15, -0.1) is 0 Å². The van der Waals surface area contributed by atoms with Gasteiger partial charge in [-0.1, -0.05) is 35.9 Å². The molecule has 1 amide bonds. The van der Waals surface area contributed by atoms with Gasteiger partial charge < -0.3 is 20.1 Å². The lowest BCUT2D eigenvalue weighted by Gasteiger charge is -2.28. The van der Waals surface area contributed by atoms with Crippen LogP contribution in [0.25, 0.3) is 0 Å².